The van der Waals surface area contributed by atoms with E-state index in [0.29, 0.717) is 32.6 Å². The Bertz CT molecular complexity index is 1450. The van der Waals surface area contributed by atoms with E-state index in [2.05, 4.69) is 25.6 Å². The van der Waals surface area contributed by atoms with E-state index in [-0.39, 0.29) is 23.1 Å². The molecule has 1 amide bonds. The van der Waals surface area contributed by atoms with E-state index in [1.807, 2.05) is 12.3 Å². The SMILES string of the molecule is CSc1ncccc1C(=O)Nc1ccc(-c2nc(Nc3ccc(Cl)cc3)[nH]c(=O)c2C#N)cc1. The van der Waals surface area contributed by atoms with E-state index in [1.54, 1.807) is 66.9 Å². The highest BCUT2D eigenvalue weighted by atomic mass is 35.5. The Balaban J connectivity index is 1.60. The summed E-state index contributed by atoms with van der Waals surface area (Å²) in [6.07, 6.45) is 3.49. The average molecular weight is 489 g/mol. The lowest BCUT2D eigenvalue weighted by Gasteiger charge is -2.10. The Hall–Kier alpha value is -4.13. The number of benzene rings is 2. The molecular formula is C24H17ClN6O2S. The van der Waals surface area contributed by atoms with Gasteiger partial charge < -0.3 is 10.6 Å². The van der Waals surface area contributed by atoms with Crippen LogP contribution in [0.2, 0.25) is 5.02 Å². The molecule has 4 aromatic rings. The minimum absolute atomic E-state index is 0.113. The molecule has 0 saturated heterocycles. The molecule has 8 nitrogen and oxygen atoms in total. The van der Waals surface area contributed by atoms with Gasteiger partial charge >= 0.3 is 0 Å². The second-order valence-corrected chi connectivity index (χ2v) is 8.20. The third-order valence-electron chi connectivity index (χ3n) is 4.76. The molecule has 0 fully saturated rings. The van der Waals surface area contributed by atoms with Crippen LogP contribution in [-0.2, 0) is 0 Å². The molecule has 168 valence electrons. The van der Waals surface area contributed by atoms with Crippen LogP contribution in [0.5, 0.6) is 0 Å². The molecule has 3 N–H and O–H groups in total. The van der Waals surface area contributed by atoms with E-state index < -0.39 is 5.56 Å². The Morgan fingerprint density at radius 3 is 2.47 bits per heavy atom. The van der Waals surface area contributed by atoms with Gasteiger partial charge in [0, 0.05) is 28.2 Å². The number of nitrogens with one attached hydrogen (secondary N) is 3. The number of hydrogen-bond donors (Lipinski definition) is 3. The van der Waals surface area contributed by atoms with Crippen LogP contribution in [0, 0.1) is 11.3 Å². The highest BCUT2D eigenvalue weighted by molar-refractivity contribution is 7.98. The first-order valence-electron chi connectivity index (χ1n) is 9.96. The fraction of sp³-hybridized carbons (Fsp3) is 0.0417. The van der Waals surface area contributed by atoms with Crippen molar-refractivity contribution >= 4 is 46.6 Å². The van der Waals surface area contributed by atoms with Crippen LogP contribution in [0.4, 0.5) is 17.3 Å². The number of anilines is 3. The maximum absolute atomic E-state index is 12.7. The van der Waals surface area contributed by atoms with Crippen molar-refractivity contribution < 1.29 is 4.79 Å². The normalized spacial score (nSPS) is 10.4. The summed E-state index contributed by atoms with van der Waals surface area (Å²) in [6, 6.07) is 18.9. The number of thioether (sulfide) groups is 1. The zero-order valence-corrected chi connectivity index (χ0v) is 19.4. The molecule has 0 atom stereocenters. The van der Waals surface area contributed by atoms with Crippen LogP contribution in [-0.4, -0.2) is 27.1 Å². The molecule has 0 radical (unpaired) electrons. The molecule has 0 aliphatic heterocycles. The summed E-state index contributed by atoms with van der Waals surface area (Å²) >= 11 is 7.30. The Kier molecular flexibility index (Phi) is 6.92. The molecule has 0 aliphatic rings. The summed E-state index contributed by atoms with van der Waals surface area (Å²) in [4.78, 5) is 36.3. The smallest absolute Gasteiger partial charge is 0.270 e. The van der Waals surface area contributed by atoms with E-state index in [9.17, 15) is 14.9 Å². The van der Waals surface area contributed by atoms with Crippen LogP contribution in [0.3, 0.4) is 0 Å². The first-order chi connectivity index (χ1) is 16.5. The highest BCUT2D eigenvalue weighted by Gasteiger charge is 2.15. The summed E-state index contributed by atoms with van der Waals surface area (Å²) in [5.74, 6) is -0.105. The number of aromatic nitrogens is 3. The molecule has 0 spiro atoms. The second kappa shape index (κ2) is 10.2. The van der Waals surface area contributed by atoms with Crippen molar-refractivity contribution in [2.75, 3.05) is 16.9 Å². The number of aromatic amines is 1. The molecular weight excluding hydrogens is 472 g/mol. The van der Waals surface area contributed by atoms with Gasteiger partial charge in [-0.05, 0) is 54.8 Å². The van der Waals surface area contributed by atoms with Gasteiger partial charge in [-0.2, -0.15) is 5.26 Å². The van der Waals surface area contributed by atoms with Crippen LogP contribution >= 0.6 is 23.4 Å². The van der Waals surface area contributed by atoms with Crippen molar-refractivity contribution in [3.8, 4) is 17.3 Å². The van der Waals surface area contributed by atoms with Crippen LogP contribution in [0.1, 0.15) is 15.9 Å². The Morgan fingerprint density at radius 1 is 1.09 bits per heavy atom. The van der Waals surface area contributed by atoms with E-state index in [0.717, 1.165) is 0 Å². The monoisotopic (exact) mass is 488 g/mol. The lowest BCUT2D eigenvalue weighted by atomic mass is 10.1. The van der Waals surface area contributed by atoms with Crippen LogP contribution < -0.4 is 16.2 Å². The van der Waals surface area contributed by atoms with E-state index in [1.165, 1.54) is 11.8 Å². The number of nitrogens with zero attached hydrogens (tertiary/aromatic N) is 3. The fourth-order valence-corrected chi connectivity index (χ4v) is 3.82. The molecule has 2 aromatic heterocycles. The Labute approximate surface area is 204 Å². The number of rotatable bonds is 6. The van der Waals surface area contributed by atoms with Gasteiger partial charge in [-0.1, -0.05) is 23.7 Å². The number of H-pyrrole nitrogens is 1. The van der Waals surface area contributed by atoms with Crippen molar-refractivity contribution in [2.45, 2.75) is 5.03 Å². The molecule has 0 saturated carbocycles. The maximum atomic E-state index is 12.7. The van der Waals surface area contributed by atoms with Gasteiger partial charge in [0.25, 0.3) is 11.5 Å². The lowest BCUT2D eigenvalue weighted by molar-refractivity contribution is 0.102. The third-order valence-corrected chi connectivity index (χ3v) is 5.73. The molecule has 2 aromatic carbocycles. The van der Waals surface area contributed by atoms with Gasteiger partial charge in [0.05, 0.1) is 11.3 Å². The van der Waals surface area contributed by atoms with Crippen molar-refractivity contribution in [2.24, 2.45) is 0 Å². The van der Waals surface area contributed by atoms with Gasteiger partial charge in [0.15, 0.2) is 0 Å². The van der Waals surface area contributed by atoms with Crippen molar-refractivity contribution in [1.29, 1.82) is 5.26 Å². The van der Waals surface area contributed by atoms with Crippen LogP contribution in [0.25, 0.3) is 11.3 Å². The summed E-state index contributed by atoms with van der Waals surface area (Å²) in [6.45, 7) is 0. The molecule has 0 unspecified atom stereocenters. The molecule has 2 heterocycles. The number of nitriles is 1. The summed E-state index contributed by atoms with van der Waals surface area (Å²) in [7, 11) is 0. The zero-order valence-electron chi connectivity index (χ0n) is 17.8. The fourth-order valence-electron chi connectivity index (χ4n) is 3.15. The second-order valence-electron chi connectivity index (χ2n) is 6.97. The molecule has 34 heavy (non-hydrogen) atoms. The summed E-state index contributed by atoms with van der Waals surface area (Å²) in [5, 5.41) is 16.5. The molecule has 0 bridgehead atoms. The van der Waals surface area contributed by atoms with Gasteiger partial charge in [-0.3, -0.25) is 14.6 Å². The van der Waals surface area contributed by atoms with Gasteiger partial charge in [0.1, 0.15) is 16.7 Å². The predicted molar refractivity (Wildman–Crippen MR) is 134 cm³/mol. The number of amides is 1. The van der Waals surface area contributed by atoms with E-state index >= 15 is 0 Å². The van der Waals surface area contributed by atoms with Crippen molar-refractivity contribution in [3.63, 3.8) is 0 Å². The molecule has 10 heteroatoms. The number of hydrogen-bond acceptors (Lipinski definition) is 7. The van der Waals surface area contributed by atoms with Crippen molar-refractivity contribution in [3.05, 3.63) is 93.4 Å². The van der Waals surface area contributed by atoms with Gasteiger partial charge in [-0.15, -0.1) is 11.8 Å². The summed E-state index contributed by atoms with van der Waals surface area (Å²) < 4.78 is 0. The number of pyridine rings is 1. The number of carbonyl (C=O) groups excluding carboxylic acids is 1. The number of carbonyl (C=O) groups is 1. The van der Waals surface area contributed by atoms with Gasteiger partial charge in [0.2, 0.25) is 5.95 Å². The average Bonchev–Trinajstić information content (AvgIpc) is 2.85. The van der Waals surface area contributed by atoms with E-state index in [4.69, 9.17) is 11.6 Å². The summed E-state index contributed by atoms with van der Waals surface area (Å²) in [5.41, 5.74) is 1.78. The topological polar surface area (TPSA) is 124 Å². The highest BCUT2D eigenvalue weighted by Crippen LogP contribution is 2.24. The Morgan fingerprint density at radius 2 is 1.79 bits per heavy atom. The molecule has 4 rings (SSSR count). The van der Waals surface area contributed by atoms with Gasteiger partial charge in [-0.25, -0.2) is 9.97 Å². The van der Waals surface area contributed by atoms with Crippen molar-refractivity contribution in [1.82, 2.24) is 15.0 Å². The maximum Gasteiger partial charge on any atom is 0.270 e. The minimum Gasteiger partial charge on any atom is -0.326 e. The van der Waals surface area contributed by atoms with Crippen LogP contribution in [0.15, 0.2) is 76.7 Å². The molecule has 0 aliphatic carbocycles. The standard InChI is InChI=1S/C24H17ClN6O2S/c1-34-23-18(3-2-12-27-23)21(32)28-16-8-4-14(5-9-16)20-19(13-26)22(33)31-24(30-20)29-17-10-6-15(25)7-11-17/h2-12H,1H3,(H,28,32)(H2,29,30,31,33). The largest absolute Gasteiger partial charge is 0.326 e. The zero-order chi connectivity index (χ0) is 24.1. The first kappa shape index (κ1) is 23.0. The first-order valence-corrected chi connectivity index (χ1v) is 11.6. The predicted octanol–water partition coefficient (Wildman–Crippen LogP) is 5.07. The lowest BCUT2D eigenvalue weighted by Crippen LogP contribution is -2.16. The number of halogens is 1. The third kappa shape index (κ3) is 5.09. The minimum atomic E-state index is -0.567. The quantitative estimate of drug-likeness (QED) is 0.323.